The molecule has 0 unspecified atom stereocenters. The minimum Gasteiger partial charge on any atom is -0.497 e. The van der Waals surface area contributed by atoms with Crippen molar-refractivity contribution in [2.45, 2.75) is 43.5 Å². The van der Waals surface area contributed by atoms with Crippen molar-refractivity contribution in [2.24, 2.45) is 0 Å². The number of thioether (sulfide) groups is 1. The highest BCUT2D eigenvalue weighted by atomic mass is 32.2. The molecule has 0 saturated heterocycles. The van der Waals surface area contributed by atoms with Crippen LogP contribution >= 0.6 is 23.1 Å². The van der Waals surface area contributed by atoms with E-state index in [-0.39, 0.29) is 5.56 Å². The lowest BCUT2D eigenvalue weighted by Gasteiger charge is -2.09. The van der Waals surface area contributed by atoms with Crippen molar-refractivity contribution in [3.63, 3.8) is 0 Å². The number of aryl methyl sites for hydroxylation is 3. The number of hydrogen-bond acceptors (Lipinski definition) is 7. The molecule has 1 aromatic carbocycles. The van der Waals surface area contributed by atoms with Gasteiger partial charge in [-0.25, -0.2) is 15.0 Å². The maximum atomic E-state index is 12.7. The average Bonchev–Trinajstić information content (AvgIpc) is 3.16. The largest absolute Gasteiger partial charge is 0.497 e. The number of methoxy groups -OCH3 is 1. The van der Waals surface area contributed by atoms with Crippen molar-refractivity contribution in [1.82, 2.24) is 19.9 Å². The molecular weight excluding hydrogens is 428 g/mol. The summed E-state index contributed by atoms with van der Waals surface area (Å²) in [5, 5.41) is 1.46. The summed E-state index contributed by atoms with van der Waals surface area (Å²) in [5.41, 5.74) is 3.95. The van der Waals surface area contributed by atoms with E-state index in [4.69, 9.17) is 14.7 Å². The summed E-state index contributed by atoms with van der Waals surface area (Å²) >= 11 is 3.15. The molecule has 0 atom stereocenters. The molecule has 4 aromatic rings. The minimum atomic E-state index is -0.0240. The van der Waals surface area contributed by atoms with Gasteiger partial charge in [-0.3, -0.25) is 4.79 Å². The molecule has 0 fully saturated rings. The van der Waals surface area contributed by atoms with E-state index in [2.05, 4.69) is 9.97 Å². The van der Waals surface area contributed by atoms with Crippen LogP contribution in [0.25, 0.3) is 21.5 Å². The monoisotopic (exact) mass is 450 g/mol. The summed E-state index contributed by atoms with van der Waals surface area (Å²) in [4.78, 5) is 31.9. The summed E-state index contributed by atoms with van der Waals surface area (Å²) in [5.74, 6) is 1.99. The van der Waals surface area contributed by atoms with E-state index in [1.54, 1.807) is 18.4 Å². The first kappa shape index (κ1) is 20.2. The van der Waals surface area contributed by atoms with Gasteiger partial charge in [0.05, 0.1) is 23.9 Å². The molecule has 31 heavy (non-hydrogen) atoms. The molecule has 0 aliphatic heterocycles. The van der Waals surface area contributed by atoms with Gasteiger partial charge in [-0.15, -0.1) is 11.3 Å². The minimum absolute atomic E-state index is 0.0240. The van der Waals surface area contributed by atoms with Crippen LogP contribution in [-0.4, -0.2) is 27.0 Å². The quantitative estimate of drug-likeness (QED) is 0.343. The van der Waals surface area contributed by atoms with Crippen LogP contribution in [0.15, 0.2) is 40.3 Å². The van der Waals surface area contributed by atoms with E-state index in [0.717, 1.165) is 52.2 Å². The SMILES string of the molecule is COc1ccc(-c2cc(C)nc(SCc3nc4sc5c(c4c(=O)[nH]3)CCCC5)n2)cc1. The molecule has 0 bridgehead atoms. The molecule has 0 amide bonds. The lowest BCUT2D eigenvalue weighted by Crippen LogP contribution is -2.12. The zero-order valence-corrected chi connectivity index (χ0v) is 19.0. The topological polar surface area (TPSA) is 80.8 Å². The standard InChI is InChI=1S/C23H22N4O2S2/c1-13-11-17(14-7-9-15(29-2)10-8-14)25-23(24-13)30-12-19-26-21(28)20-16-5-3-4-6-18(16)31-22(20)27-19/h7-11H,3-6,12H2,1-2H3,(H,26,27,28). The Kier molecular flexibility index (Phi) is 5.50. The Balaban J connectivity index is 1.40. The molecular formula is C23H22N4O2S2. The fourth-order valence-corrected chi connectivity index (χ4v) is 5.98. The third-order valence-electron chi connectivity index (χ3n) is 5.43. The number of nitrogens with one attached hydrogen (secondary N) is 1. The summed E-state index contributed by atoms with van der Waals surface area (Å²) in [7, 11) is 1.65. The van der Waals surface area contributed by atoms with E-state index in [0.29, 0.717) is 16.7 Å². The van der Waals surface area contributed by atoms with Crippen molar-refractivity contribution >= 4 is 33.3 Å². The summed E-state index contributed by atoms with van der Waals surface area (Å²) in [6.07, 6.45) is 4.39. The maximum Gasteiger partial charge on any atom is 0.259 e. The number of aromatic amines is 1. The third kappa shape index (κ3) is 4.09. The Hall–Kier alpha value is -2.71. The van der Waals surface area contributed by atoms with Crippen LogP contribution in [0.5, 0.6) is 5.75 Å². The number of fused-ring (bicyclic) bond motifs is 3. The number of nitrogens with zero attached hydrogens (tertiary/aromatic N) is 3. The van der Waals surface area contributed by atoms with Gasteiger partial charge in [-0.05, 0) is 68.5 Å². The van der Waals surface area contributed by atoms with E-state index in [9.17, 15) is 4.79 Å². The fourth-order valence-electron chi connectivity index (χ4n) is 3.93. The first-order valence-electron chi connectivity index (χ1n) is 10.3. The van der Waals surface area contributed by atoms with Crippen molar-refractivity contribution in [1.29, 1.82) is 0 Å². The van der Waals surface area contributed by atoms with Gasteiger partial charge in [0.2, 0.25) is 0 Å². The lowest BCUT2D eigenvalue weighted by atomic mass is 9.97. The molecule has 5 rings (SSSR count). The molecule has 158 valence electrons. The number of H-pyrrole nitrogens is 1. The van der Waals surface area contributed by atoms with Crippen molar-refractivity contribution in [3.8, 4) is 17.0 Å². The smallest absolute Gasteiger partial charge is 0.259 e. The molecule has 1 N–H and O–H groups in total. The molecule has 3 aromatic heterocycles. The van der Waals surface area contributed by atoms with E-state index >= 15 is 0 Å². The van der Waals surface area contributed by atoms with Gasteiger partial charge in [-0.1, -0.05) is 11.8 Å². The molecule has 1 aliphatic rings. The molecule has 8 heteroatoms. The van der Waals surface area contributed by atoms with Crippen molar-refractivity contribution in [2.75, 3.05) is 7.11 Å². The predicted octanol–water partition coefficient (Wildman–Crippen LogP) is 4.93. The molecule has 0 saturated carbocycles. The Morgan fingerprint density at radius 1 is 1.13 bits per heavy atom. The van der Waals surface area contributed by atoms with Crippen LogP contribution in [0, 0.1) is 6.92 Å². The van der Waals surface area contributed by atoms with Gasteiger partial charge in [0.15, 0.2) is 5.16 Å². The van der Waals surface area contributed by atoms with Gasteiger partial charge in [0.1, 0.15) is 16.4 Å². The van der Waals surface area contributed by atoms with Gasteiger partial charge in [0, 0.05) is 16.1 Å². The van der Waals surface area contributed by atoms with Crippen LogP contribution in [0.2, 0.25) is 0 Å². The summed E-state index contributed by atoms with van der Waals surface area (Å²) in [6, 6.07) is 9.78. The highest BCUT2D eigenvalue weighted by Crippen LogP contribution is 2.34. The van der Waals surface area contributed by atoms with Crippen LogP contribution in [0.4, 0.5) is 0 Å². The van der Waals surface area contributed by atoms with E-state index in [1.807, 2.05) is 37.3 Å². The van der Waals surface area contributed by atoms with Gasteiger partial charge in [0.25, 0.3) is 5.56 Å². The van der Waals surface area contributed by atoms with Crippen LogP contribution in [-0.2, 0) is 18.6 Å². The Morgan fingerprint density at radius 3 is 2.74 bits per heavy atom. The predicted molar refractivity (Wildman–Crippen MR) is 125 cm³/mol. The van der Waals surface area contributed by atoms with Crippen molar-refractivity contribution in [3.05, 3.63) is 62.6 Å². The molecule has 0 radical (unpaired) electrons. The van der Waals surface area contributed by atoms with Gasteiger partial charge < -0.3 is 9.72 Å². The second-order valence-corrected chi connectivity index (χ2v) is 9.62. The highest BCUT2D eigenvalue weighted by molar-refractivity contribution is 7.98. The summed E-state index contributed by atoms with van der Waals surface area (Å²) < 4.78 is 5.23. The highest BCUT2D eigenvalue weighted by Gasteiger charge is 2.20. The Bertz CT molecular complexity index is 1310. The number of rotatable bonds is 5. The van der Waals surface area contributed by atoms with Gasteiger partial charge >= 0.3 is 0 Å². The van der Waals surface area contributed by atoms with E-state index < -0.39 is 0 Å². The second kappa shape index (κ2) is 8.43. The Labute approximate surface area is 188 Å². The first-order chi connectivity index (χ1) is 15.1. The average molecular weight is 451 g/mol. The number of benzene rings is 1. The zero-order chi connectivity index (χ0) is 21.4. The molecule has 1 aliphatic carbocycles. The molecule has 6 nitrogen and oxygen atoms in total. The Morgan fingerprint density at radius 2 is 1.94 bits per heavy atom. The second-order valence-electron chi connectivity index (χ2n) is 7.60. The number of hydrogen-bond donors (Lipinski definition) is 1. The van der Waals surface area contributed by atoms with Crippen LogP contribution in [0.3, 0.4) is 0 Å². The number of aromatic nitrogens is 4. The lowest BCUT2D eigenvalue weighted by molar-refractivity contribution is 0.415. The maximum absolute atomic E-state index is 12.7. The molecule has 0 spiro atoms. The summed E-state index contributed by atoms with van der Waals surface area (Å²) in [6.45, 7) is 1.96. The number of thiophene rings is 1. The van der Waals surface area contributed by atoms with Crippen LogP contribution < -0.4 is 10.3 Å². The fraction of sp³-hybridized carbons (Fsp3) is 0.304. The first-order valence-corrected chi connectivity index (χ1v) is 12.1. The van der Waals surface area contributed by atoms with Gasteiger partial charge in [-0.2, -0.15) is 0 Å². The third-order valence-corrected chi connectivity index (χ3v) is 7.48. The number of ether oxygens (including phenoxy) is 1. The normalized spacial score (nSPS) is 13.4. The van der Waals surface area contributed by atoms with Crippen LogP contribution in [0.1, 0.15) is 34.8 Å². The van der Waals surface area contributed by atoms with Crippen molar-refractivity contribution < 1.29 is 4.74 Å². The zero-order valence-electron chi connectivity index (χ0n) is 17.4. The van der Waals surface area contributed by atoms with E-state index in [1.165, 1.54) is 28.6 Å². The molecule has 3 heterocycles.